The summed E-state index contributed by atoms with van der Waals surface area (Å²) in [7, 11) is 0. The van der Waals surface area contributed by atoms with Crippen LogP contribution in [-0.2, 0) is 14.3 Å². The summed E-state index contributed by atoms with van der Waals surface area (Å²) in [5.74, 6) is -3.29. The van der Waals surface area contributed by atoms with Crippen molar-refractivity contribution in [3.63, 3.8) is 0 Å². The van der Waals surface area contributed by atoms with Gasteiger partial charge in [0.25, 0.3) is 0 Å². The van der Waals surface area contributed by atoms with Crippen LogP contribution in [0.25, 0.3) is 0 Å². The highest BCUT2D eigenvalue weighted by molar-refractivity contribution is 6.31. The molecule has 1 spiro atoms. The minimum Gasteiger partial charge on any atom is -0.550 e. The number of anilines is 1. The molecule has 5 nitrogen and oxygen atoms in total. The summed E-state index contributed by atoms with van der Waals surface area (Å²) in [4.78, 5) is 26.3. The maximum atomic E-state index is 13.1. The van der Waals surface area contributed by atoms with E-state index in [-0.39, 0.29) is 11.9 Å². The van der Waals surface area contributed by atoms with E-state index in [1.165, 1.54) is 0 Å². The molecule has 1 aromatic carbocycles. The molecule has 3 aliphatic rings. The molecule has 0 saturated carbocycles. The average Bonchev–Trinajstić information content (AvgIpc) is 3.17. The first-order valence-electron chi connectivity index (χ1n) is 7.77. The number of fused-ring (bicyclic) bond motifs is 1. The summed E-state index contributed by atoms with van der Waals surface area (Å²) in [6.07, 6.45) is 5.13. The van der Waals surface area contributed by atoms with Crippen LogP contribution >= 0.6 is 11.6 Å². The van der Waals surface area contributed by atoms with Crippen molar-refractivity contribution < 1.29 is 19.4 Å². The van der Waals surface area contributed by atoms with Crippen LogP contribution < -0.4 is 10.0 Å². The normalized spacial score (nSPS) is 36.2. The van der Waals surface area contributed by atoms with Crippen LogP contribution in [0.1, 0.15) is 6.42 Å². The molecule has 124 valence electrons. The standard InChI is InChI=1S/C18H16ClNO4/c1-2-4-13-18-8-7-12(24-18)14(17(22)23)15(18)16(21)20(13)11-6-3-5-10(19)9-11/h2-3,5-9,12-15H,1,4H2,(H,22,23)/p-1/t12-,13+,14-,15+,18+/m0/s1. The molecule has 6 heteroatoms. The molecule has 3 aliphatic heterocycles. The second-order valence-electron chi connectivity index (χ2n) is 6.35. The van der Waals surface area contributed by atoms with Gasteiger partial charge in [0, 0.05) is 22.6 Å². The van der Waals surface area contributed by atoms with Gasteiger partial charge >= 0.3 is 0 Å². The van der Waals surface area contributed by atoms with Gasteiger partial charge in [0.15, 0.2) is 0 Å². The highest BCUT2D eigenvalue weighted by Crippen LogP contribution is 2.56. The maximum Gasteiger partial charge on any atom is 0.234 e. The number of carboxylic acids is 1. The lowest BCUT2D eigenvalue weighted by Gasteiger charge is -2.32. The lowest BCUT2D eigenvalue weighted by Crippen LogP contribution is -2.46. The topological polar surface area (TPSA) is 69.7 Å². The van der Waals surface area contributed by atoms with Gasteiger partial charge in [-0.1, -0.05) is 35.9 Å². The second kappa shape index (κ2) is 5.19. The van der Waals surface area contributed by atoms with Gasteiger partial charge < -0.3 is 19.5 Å². The fourth-order valence-electron chi connectivity index (χ4n) is 4.30. The minimum atomic E-state index is -1.25. The Kier molecular flexibility index (Phi) is 3.34. The number of ether oxygens (including phenoxy) is 1. The predicted molar refractivity (Wildman–Crippen MR) is 86.3 cm³/mol. The van der Waals surface area contributed by atoms with Crippen LogP contribution in [0.15, 0.2) is 49.1 Å². The van der Waals surface area contributed by atoms with E-state index in [1.807, 2.05) is 6.08 Å². The molecule has 5 atom stereocenters. The van der Waals surface area contributed by atoms with Crippen LogP contribution in [0, 0.1) is 11.8 Å². The molecule has 1 amide bonds. The quantitative estimate of drug-likeness (QED) is 0.772. The first-order valence-corrected chi connectivity index (χ1v) is 8.15. The molecule has 0 N–H and O–H groups in total. The molecule has 2 saturated heterocycles. The van der Waals surface area contributed by atoms with E-state index < -0.39 is 29.5 Å². The predicted octanol–water partition coefficient (Wildman–Crippen LogP) is 1.32. The summed E-state index contributed by atoms with van der Waals surface area (Å²) in [6, 6.07) is 6.58. The largest absolute Gasteiger partial charge is 0.550 e. The van der Waals surface area contributed by atoms with Gasteiger partial charge in [-0.05, 0) is 24.6 Å². The Labute approximate surface area is 144 Å². The SMILES string of the molecule is C=CC[C@H]1N(c2cccc(Cl)c2)C(=O)[C@H]2[C@@H](C(=O)[O-])[C@@H]3C=C[C@]21O3. The van der Waals surface area contributed by atoms with Gasteiger partial charge in [-0.2, -0.15) is 0 Å². The van der Waals surface area contributed by atoms with Crippen molar-refractivity contribution >= 4 is 29.2 Å². The van der Waals surface area contributed by atoms with Crippen molar-refractivity contribution in [3.8, 4) is 0 Å². The smallest absolute Gasteiger partial charge is 0.234 e. The lowest BCUT2D eigenvalue weighted by molar-refractivity contribution is -0.313. The van der Waals surface area contributed by atoms with E-state index >= 15 is 0 Å². The summed E-state index contributed by atoms with van der Waals surface area (Å²) in [5.41, 5.74) is -0.330. The molecule has 1 aromatic rings. The summed E-state index contributed by atoms with van der Waals surface area (Å²) < 4.78 is 6.00. The molecular formula is C18H15ClNO4-. The number of amides is 1. The molecule has 3 heterocycles. The number of hydrogen-bond acceptors (Lipinski definition) is 4. The number of nitrogens with zero attached hydrogens (tertiary/aromatic N) is 1. The Bertz CT molecular complexity index is 776. The lowest BCUT2D eigenvalue weighted by atomic mass is 9.74. The van der Waals surface area contributed by atoms with Crippen LogP contribution in [0.2, 0.25) is 5.02 Å². The van der Waals surface area contributed by atoms with Crippen molar-refractivity contribution in [1.82, 2.24) is 0 Å². The Morgan fingerprint density at radius 1 is 1.50 bits per heavy atom. The monoisotopic (exact) mass is 344 g/mol. The molecule has 0 aromatic heterocycles. The van der Waals surface area contributed by atoms with Gasteiger partial charge in [0.2, 0.25) is 5.91 Å². The fourth-order valence-corrected chi connectivity index (χ4v) is 4.48. The minimum absolute atomic E-state index is 0.273. The van der Waals surface area contributed by atoms with Crippen molar-refractivity contribution in [2.75, 3.05) is 4.90 Å². The van der Waals surface area contributed by atoms with Gasteiger partial charge in [-0.25, -0.2) is 0 Å². The first kappa shape index (κ1) is 15.4. The first-order chi connectivity index (χ1) is 11.5. The van der Waals surface area contributed by atoms with Crippen LogP contribution in [0.4, 0.5) is 5.69 Å². The van der Waals surface area contributed by atoms with Crippen molar-refractivity contribution in [1.29, 1.82) is 0 Å². The molecular weight excluding hydrogens is 330 g/mol. The van der Waals surface area contributed by atoms with Crippen molar-refractivity contribution in [3.05, 3.63) is 54.1 Å². The number of aliphatic carboxylic acids is 1. The third-order valence-corrected chi connectivity index (χ3v) is 5.41. The van der Waals surface area contributed by atoms with Crippen LogP contribution in [0.3, 0.4) is 0 Å². The van der Waals surface area contributed by atoms with E-state index in [0.29, 0.717) is 17.1 Å². The van der Waals surface area contributed by atoms with E-state index in [4.69, 9.17) is 16.3 Å². The van der Waals surface area contributed by atoms with Crippen LogP contribution in [0.5, 0.6) is 0 Å². The van der Waals surface area contributed by atoms with E-state index in [1.54, 1.807) is 41.3 Å². The summed E-state index contributed by atoms with van der Waals surface area (Å²) in [5, 5.41) is 12.1. The summed E-state index contributed by atoms with van der Waals surface area (Å²) >= 11 is 6.06. The zero-order valence-electron chi connectivity index (χ0n) is 12.7. The zero-order chi connectivity index (χ0) is 17.1. The third kappa shape index (κ3) is 1.85. The van der Waals surface area contributed by atoms with Gasteiger partial charge in [0.1, 0.15) is 5.60 Å². The van der Waals surface area contributed by atoms with Gasteiger partial charge in [-0.15, -0.1) is 6.58 Å². The van der Waals surface area contributed by atoms with E-state index in [0.717, 1.165) is 0 Å². The molecule has 4 rings (SSSR count). The van der Waals surface area contributed by atoms with Gasteiger partial charge in [-0.3, -0.25) is 4.79 Å². The number of carbonyl (C=O) groups is 2. The summed E-state index contributed by atoms with van der Waals surface area (Å²) in [6.45, 7) is 3.77. The Morgan fingerprint density at radius 3 is 2.96 bits per heavy atom. The van der Waals surface area contributed by atoms with E-state index in [9.17, 15) is 14.7 Å². The van der Waals surface area contributed by atoms with E-state index in [2.05, 4.69) is 6.58 Å². The Hall–Kier alpha value is -2.11. The molecule has 0 aliphatic carbocycles. The molecule has 0 radical (unpaired) electrons. The highest BCUT2D eigenvalue weighted by Gasteiger charge is 2.69. The molecule has 2 fully saturated rings. The number of hydrogen-bond donors (Lipinski definition) is 0. The maximum absolute atomic E-state index is 13.1. The molecule has 24 heavy (non-hydrogen) atoms. The molecule has 2 bridgehead atoms. The number of carbonyl (C=O) groups excluding carboxylic acids is 2. The van der Waals surface area contributed by atoms with Crippen molar-refractivity contribution in [2.45, 2.75) is 24.2 Å². The third-order valence-electron chi connectivity index (χ3n) is 5.17. The molecule has 0 unspecified atom stereocenters. The number of rotatable bonds is 4. The number of carboxylic acid groups (broad SMARTS) is 1. The van der Waals surface area contributed by atoms with Crippen molar-refractivity contribution in [2.24, 2.45) is 11.8 Å². The second-order valence-corrected chi connectivity index (χ2v) is 6.78. The zero-order valence-corrected chi connectivity index (χ0v) is 13.5. The Morgan fingerprint density at radius 2 is 2.29 bits per heavy atom. The fraction of sp³-hybridized carbons (Fsp3) is 0.333. The average molecular weight is 345 g/mol. The Balaban J connectivity index is 1.85. The van der Waals surface area contributed by atoms with Crippen LogP contribution in [-0.4, -0.2) is 29.6 Å². The van der Waals surface area contributed by atoms with Gasteiger partial charge in [0.05, 0.1) is 18.1 Å². The highest BCUT2D eigenvalue weighted by atomic mass is 35.5. The number of benzene rings is 1. The number of halogens is 1.